The van der Waals surface area contributed by atoms with Crippen LogP contribution in [-0.2, 0) is 66.7 Å². The van der Waals surface area contributed by atoms with Gasteiger partial charge in [-0.3, -0.25) is 24.6 Å². The van der Waals surface area contributed by atoms with E-state index in [1.165, 1.54) is 34.0 Å². The Morgan fingerprint density at radius 2 is 1.73 bits per heavy atom. The third-order valence-electron chi connectivity index (χ3n) is 10.9. The van der Waals surface area contributed by atoms with Gasteiger partial charge < -0.3 is 74.4 Å². The Bertz CT molecular complexity index is 1910. The molecule has 3 aliphatic rings. The van der Waals surface area contributed by atoms with Gasteiger partial charge >= 0.3 is 29.8 Å². The second-order valence-electron chi connectivity index (χ2n) is 15.2. The zero-order chi connectivity index (χ0) is 48.6. The maximum atomic E-state index is 13.9. The fraction of sp³-hybridized carbons (Fsp3) is 0.667. The molecule has 9 N–H and O–H groups in total. The van der Waals surface area contributed by atoms with E-state index in [9.17, 15) is 64.2 Å². The van der Waals surface area contributed by atoms with Gasteiger partial charge in [0.25, 0.3) is 0 Å². The minimum Gasteiger partial charge on any atom is -0.508 e. The quantitative estimate of drug-likeness (QED) is 0.0364. The first kappa shape index (κ1) is 53.7. The molecule has 0 aromatic carbocycles. The SMILES string of the molecule is CC=C(NC(=S)SCC(NC(C)=O)C(=O)O)C(=O)OC1C(COC(C)=O)OC(C2(O)CC(=O)C(=N)C(C(=O)O)=C2O)C(O)C1OC1CC(OC)C(O)(C(C)OC(=O)C(C)CC)C(C)O1. The number of amides is 1. The monoisotopic (exact) mass is 949 g/mol. The maximum Gasteiger partial charge on any atom is 0.354 e. The van der Waals surface area contributed by atoms with Crippen molar-refractivity contribution in [3.05, 3.63) is 23.1 Å². The van der Waals surface area contributed by atoms with Crippen LogP contribution in [0.25, 0.3) is 0 Å². The highest BCUT2D eigenvalue weighted by Gasteiger charge is 2.62. The Morgan fingerprint density at radius 1 is 1.09 bits per heavy atom. The first-order chi connectivity index (χ1) is 29.8. The van der Waals surface area contributed by atoms with Crippen LogP contribution in [0.5, 0.6) is 0 Å². The number of hydrogen-bond acceptors (Lipinski definition) is 21. The van der Waals surface area contributed by atoms with Crippen molar-refractivity contribution in [1.29, 1.82) is 5.41 Å². The summed E-state index contributed by atoms with van der Waals surface area (Å²) in [5.41, 5.74) is -7.97. The highest BCUT2D eigenvalue weighted by molar-refractivity contribution is 8.23. The molecular formula is C39H55N3O20S2. The van der Waals surface area contributed by atoms with Crippen molar-refractivity contribution < 1.29 is 97.4 Å². The Kier molecular flexibility index (Phi) is 18.9. The molecule has 0 radical (unpaired) electrons. The first-order valence-electron chi connectivity index (χ1n) is 19.8. The number of methoxy groups -OCH3 is 1. The van der Waals surface area contributed by atoms with Crippen LogP contribution in [0.4, 0.5) is 0 Å². The van der Waals surface area contributed by atoms with Gasteiger partial charge in [0.05, 0.1) is 24.5 Å². The fourth-order valence-corrected chi connectivity index (χ4v) is 8.19. The largest absolute Gasteiger partial charge is 0.508 e. The van der Waals surface area contributed by atoms with E-state index < -0.39 is 150 Å². The fourth-order valence-electron chi connectivity index (χ4n) is 7.15. The van der Waals surface area contributed by atoms with E-state index in [1.54, 1.807) is 13.8 Å². The highest BCUT2D eigenvalue weighted by atomic mass is 32.2. The van der Waals surface area contributed by atoms with Crippen LogP contribution < -0.4 is 10.6 Å². The van der Waals surface area contributed by atoms with Crippen molar-refractivity contribution in [2.24, 2.45) is 5.92 Å². The van der Waals surface area contributed by atoms with Gasteiger partial charge in [0.15, 0.2) is 29.4 Å². The summed E-state index contributed by atoms with van der Waals surface area (Å²) in [6.07, 6.45) is -15.4. The predicted molar refractivity (Wildman–Crippen MR) is 223 cm³/mol. The third kappa shape index (κ3) is 12.2. The van der Waals surface area contributed by atoms with Gasteiger partial charge in [-0.2, -0.15) is 0 Å². The second-order valence-corrected chi connectivity index (χ2v) is 16.9. The lowest BCUT2D eigenvalue weighted by Crippen LogP contribution is -2.70. The lowest BCUT2D eigenvalue weighted by Gasteiger charge is -2.52. The van der Waals surface area contributed by atoms with Crippen molar-refractivity contribution in [2.45, 2.75) is 140 Å². The third-order valence-corrected chi connectivity index (χ3v) is 12.2. The van der Waals surface area contributed by atoms with Crippen LogP contribution in [0, 0.1) is 11.3 Å². The molecule has 3 rings (SSSR count). The van der Waals surface area contributed by atoms with E-state index >= 15 is 0 Å². The summed E-state index contributed by atoms with van der Waals surface area (Å²) in [4.78, 5) is 87.0. The molecule has 64 heavy (non-hydrogen) atoms. The number of esters is 3. The van der Waals surface area contributed by atoms with E-state index in [4.69, 9.17) is 50.8 Å². The van der Waals surface area contributed by atoms with Crippen LogP contribution in [0.15, 0.2) is 23.1 Å². The van der Waals surface area contributed by atoms with Crippen molar-refractivity contribution in [2.75, 3.05) is 19.5 Å². The van der Waals surface area contributed by atoms with E-state index in [2.05, 4.69) is 10.6 Å². The summed E-state index contributed by atoms with van der Waals surface area (Å²) in [6.45, 7) is 8.91. The van der Waals surface area contributed by atoms with Gasteiger partial charge in [-0.25, -0.2) is 14.4 Å². The van der Waals surface area contributed by atoms with Gasteiger partial charge in [-0.15, -0.1) is 0 Å². The molecule has 358 valence electrons. The Hall–Kier alpha value is -4.60. The topological polar surface area (TPSA) is 353 Å². The molecule has 13 unspecified atom stereocenters. The highest BCUT2D eigenvalue weighted by Crippen LogP contribution is 2.42. The number of hydrogen-bond donors (Lipinski definition) is 9. The van der Waals surface area contributed by atoms with Gasteiger partial charge in [0, 0.05) is 33.1 Å². The lowest BCUT2D eigenvalue weighted by atomic mass is 9.74. The summed E-state index contributed by atoms with van der Waals surface area (Å²) < 4.78 is 40.3. The number of aliphatic hydroxyl groups excluding tert-OH is 2. The van der Waals surface area contributed by atoms with Crippen LogP contribution in [0.1, 0.15) is 67.7 Å². The number of carboxylic acid groups (broad SMARTS) is 2. The molecule has 25 heteroatoms. The Labute approximate surface area is 376 Å². The number of carboxylic acids is 2. The van der Waals surface area contributed by atoms with Crippen LogP contribution in [0.3, 0.4) is 0 Å². The zero-order valence-electron chi connectivity index (χ0n) is 36.2. The second kappa shape index (κ2) is 22.5. The summed E-state index contributed by atoms with van der Waals surface area (Å²) in [5.74, 6) is -10.2. The predicted octanol–water partition coefficient (Wildman–Crippen LogP) is -0.445. The normalized spacial score (nSPS) is 31.2. The number of ketones is 1. The van der Waals surface area contributed by atoms with Crippen molar-refractivity contribution in [3.63, 3.8) is 0 Å². The number of carbonyl (C=O) groups excluding carboxylic acids is 5. The zero-order valence-corrected chi connectivity index (χ0v) is 37.8. The molecule has 2 heterocycles. The van der Waals surface area contributed by atoms with E-state index in [-0.39, 0.29) is 22.2 Å². The Morgan fingerprint density at radius 3 is 2.27 bits per heavy atom. The van der Waals surface area contributed by atoms with E-state index in [0.29, 0.717) is 6.42 Å². The van der Waals surface area contributed by atoms with Crippen molar-refractivity contribution in [3.8, 4) is 0 Å². The average Bonchev–Trinajstić information content (AvgIpc) is 3.21. The number of thiocarbonyl (C=S) groups is 1. The van der Waals surface area contributed by atoms with Crippen molar-refractivity contribution >= 4 is 75.5 Å². The molecule has 13 atom stereocenters. The minimum atomic E-state index is -3.10. The molecule has 0 aromatic heterocycles. The van der Waals surface area contributed by atoms with Crippen LogP contribution in [0.2, 0.25) is 0 Å². The summed E-state index contributed by atoms with van der Waals surface area (Å²) in [6, 6.07) is -1.36. The molecular weight excluding hydrogens is 895 g/mol. The molecule has 1 aliphatic carbocycles. The molecule has 0 saturated carbocycles. The smallest absolute Gasteiger partial charge is 0.354 e. The number of aliphatic carboxylic acids is 2. The number of aliphatic hydroxyl groups is 4. The van der Waals surface area contributed by atoms with Crippen LogP contribution >= 0.6 is 24.0 Å². The van der Waals surface area contributed by atoms with E-state index in [0.717, 1.165) is 25.6 Å². The number of carbonyl (C=O) groups is 7. The number of ether oxygens (including phenoxy) is 7. The van der Waals surface area contributed by atoms with Gasteiger partial charge in [-0.1, -0.05) is 43.9 Å². The number of thioether (sulfide) groups is 1. The number of allylic oxidation sites excluding steroid dienone is 1. The summed E-state index contributed by atoms with van der Waals surface area (Å²) in [7, 11) is 1.24. The molecule has 0 bridgehead atoms. The molecule has 0 aromatic rings. The first-order valence-corrected chi connectivity index (χ1v) is 21.2. The summed E-state index contributed by atoms with van der Waals surface area (Å²) in [5, 5.41) is 79.2. The molecule has 2 fully saturated rings. The summed E-state index contributed by atoms with van der Waals surface area (Å²) >= 11 is 6.02. The van der Waals surface area contributed by atoms with Crippen LogP contribution in [-0.4, -0.2) is 174 Å². The number of nitrogens with one attached hydrogen (secondary N) is 3. The molecule has 23 nitrogen and oxygen atoms in total. The van der Waals surface area contributed by atoms with Crippen molar-refractivity contribution in [1.82, 2.24) is 10.6 Å². The molecule has 1 amide bonds. The van der Waals surface area contributed by atoms with E-state index in [1.807, 2.05) is 0 Å². The average molecular weight is 950 g/mol. The molecule has 2 saturated heterocycles. The van der Waals surface area contributed by atoms with Gasteiger partial charge in [0.1, 0.15) is 70.2 Å². The number of Topliss-reactive ketones (excluding diaryl/α,β-unsaturated/α-hetero) is 1. The molecule has 2 aliphatic heterocycles. The molecule has 0 spiro atoms. The standard InChI is InChI=1S/C39H55N3O20S2/c1-9-15(3)35(52)59-17(5)39(55)16(4)58-25(11-24(39)56-8)61-30-28(46)32(38(54)12-22(45)27(40)26(31(38)47)34(50)51)60-23(13-57-19(7)44)29(30)62-36(53)20(10-2)42-37(63)64-14-21(33(48)49)41-18(6)43/h10,15-17,21,23-25,28-30,32,40,46-47,54-55H,9,11-14H2,1-8H3,(H,41,43)(H,42,63)(H,48,49)(H,50,51). The Balaban J connectivity index is 2.11. The van der Waals surface area contributed by atoms with Gasteiger partial charge in [-0.05, 0) is 27.2 Å². The number of rotatable bonds is 18. The van der Waals surface area contributed by atoms with Gasteiger partial charge in [0.2, 0.25) is 5.91 Å². The lowest BCUT2D eigenvalue weighted by molar-refractivity contribution is -0.345. The maximum absolute atomic E-state index is 13.9. The minimum absolute atomic E-state index is 0.163.